The molecule has 0 aliphatic heterocycles. The highest BCUT2D eigenvalue weighted by molar-refractivity contribution is 7.13. The number of ether oxygens (including phenoxy) is 3. The van der Waals surface area contributed by atoms with Gasteiger partial charge in [0.05, 0.1) is 31.1 Å². The van der Waals surface area contributed by atoms with Gasteiger partial charge in [-0.05, 0) is 24.6 Å². The van der Waals surface area contributed by atoms with Crippen LogP contribution in [-0.4, -0.2) is 71.0 Å². The first-order valence-corrected chi connectivity index (χ1v) is 10.8. The number of methoxy groups -OCH3 is 2. The summed E-state index contributed by atoms with van der Waals surface area (Å²) in [6, 6.07) is 5.25. The van der Waals surface area contributed by atoms with E-state index in [4.69, 9.17) is 14.2 Å². The van der Waals surface area contributed by atoms with Gasteiger partial charge in [-0.3, -0.25) is 9.59 Å². The molecule has 2 rings (SSSR count). The van der Waals surface area contributed by atoms with Gasteiger partial charge in [0.25, 0.3) is 11.8 Å². The van der Waals surface area contributed by atoms with Crippen molar-refractivity contribution in [2.45, 2.75) is 13.5 Å². The second kappa shape index (κ2) is 13.0. The zero-order valence-electron chi connectivity index (χ0n) is 18.4. The number of thiazole rings is 1. The first-order chi connectivity index (χ1) is 15.0. The number of benzene rings is 1. The third-order valence-corrected chi connectivity index (χ3v) is 5.28. The van der Waals surface area contributed by atoms with Crippen molar-refractivity contribution in [2.24, 2.45) is 0 Å². The van der Waals surface area contributed by atoms with Crippen molar-refractivity contribution in [1.29, 1.82) is 0 Å². The summed E-state index contributed by atoms with van der Waals surface area (Å²) in [6.45, 7) is 4.84. The van der Waals surface area contributed by atoms with Gasteiger partial charge < -0.3 is 29.7 Å². The molecule has 0 atom stereocenters. The Morgan fingerprint density at radius 2 is 1.94 bits per heavy atom. The molecule has 170 valence electrons. The fraction of sp³-hybridized carbons (Fsp3) is 0.476. The molecule has 1 aromatic carbocycles. The lowest BCUT2D eigenvalue weighted by Crippen LogP contribution is -2.28. The van der Waals surface area contributed by atoms with Gasteiger partial charge in [0, 0.05) is 46.3 Å². The molecule has 2 N–H and O–H groups in total. The number of carbonyl (C=O) groups excluding carboxylic acids is 2. The Morgan fingerprint density at radius 1 is 1.16 bits per heavy atom. The second-order valence-corrected chi connectivity index (χ2v) is 7.49. The number of anilines is 2. The molecular formula is C21H30N4O5S. The lowest BCUT2D eigenvalue weighted by molar-refractivity contribution is 0.0937. The van der Waals surface area contributed by atoms with Crippen LogP contribution in [0.15, 0.2) is 23.6 Å². The number of amides is 2. The van der Waals surface area contributed by atoms with E-state index in [2.05, 4.69) is 15.6 Å². The maximum absolute atomic E-state index is 12.8. The van der Waals surface area contributed by atoms with Crippen molar-refractivity contribution in [2.75, 3.05) is 64.4 Å². The Kier molecular flexibility index (Phi) is 10.4. The summed E-state index contributed by atoms with van der Waals surface area (Å²) >= 11 is 1.37. The zero-order valence-corrected chi connectivity index (χ0v) is 19.2. The van der Waals surface area contributed by atoms with E-state index < -0.39 is 0 Å². The number of nitrogens with zero attached hydrogens (tertiary/aromatic N) is 2. The first-order valence-electron chi connectivity index (χ1n) is 9.94. The molecule has 9 nitrogen and oxygen atoms in total. The van der Waals surface area contributed by atoms with Gasteiger partial charge in [-0.25, -0.2) is 4.98 Å². The van der Waals surface area contributed by atoms with E-state index in [0.717, 1.165) is 5.56 Å². The quantitative estimate of drug-likeness (QED) is 0.452. The van der Waals surface area contributed by atoms with Crippen molar-refractivity contribution >= 4 is 34.0 Å². The molecule has 0 spiro atoms. The SMILES string of the molecule is CCOCc1ccc(NC(=O)c2csc(N(C)CCOC)n2)c(C(=O)NCCOC)c1. The van der Waals surface area contributed by atoms with Crippen molar-refractivity contribution < 1.29 is 23.8 Å². The van der Waals surface area contributed by atoms with Crippen LogP contribution >= 0.6 is 11.3 Å². The van der Waals surface area contributed by atoms with E-state index in [1.54, 1.807) is 31.7 Å². The molecule has 0 aliphatic carbocycles. The van der Waals surface area contributed by atoms with Crippen molar-refractivity contribution in [3.8, 4) is 0 Å². The Hall–Kier alpha value is -2.53. The smallest absolute Gasteiger partial charge is 0.275 e. The summed E-state index contributed by atoms with van der Waals surface area (Å²) in [5.41, 5.74) is 1.89. The van der Waals surface area contributed by atoms with Gasteiger partial charge in [-0.15, -0.1) is 11.3 Å². The minimum Gasteiger partial charge on any atom is -0.383 e. The van der Waals surface area contributed by atoms with Crippen LogP contribution in [0.4, 0.5) is 10.8 Å². The molecule has 0 unspecified atom stereocenters. The van der Waals surface area contributed by atoms with Gasteiger partial charge in [0.1, 0.15) is 5.69 Å². The van der Waals surface area contributed by atoms with Gasteiger partial charge in [-0.2, -0.15) is 0 Å². The topological polar surface area (TPSA) is 102 Å². The van der Waals surface area contributed by atoms with Crippen LogP contribution in [0.5, 0.6) is 0 Å². The van der Waals surface area contributed by atoms with Crippen molar-refractivity contribution in [3.63, 3.8) is 0 Å². The molecule has 0 bridgehead atoms. The average Bonchev–Trinajstić information content (AvgIpc) is 3.27. The Balaban J connectivity index is 2.17. The third-order valence-electron chi connectivity index (χ3n) is 4.32. The molecule has 10 heteroatoms. The minimum atomic E-state index is -0.383. The second-order valence-electron chi connectivity index (χ2n) is 6.65. The van der Waals surface area contributed by atoms with Crippen LogP contribution in [0.25, 0.3) is 0 Å². The molecular weight excluding hydrogens is 420 g/mol. The van der Waals surface area contributed by atoms with E-state index >= 15 is 0 Å². The number of aromatic nitrogens is 1. The fourth-order valence-electron chi connectivity index (χ4n) is 2.61. The summed E-state index contributed by atoms with van der Waals surface area (Å²) in [5, 5.41) is 8.00. The van der Waals surface area contributed by atoms with E-state index in [9.17, 15) is 9.59 Å². The molecule has 2 aromatic rings. The monoisotopic (exact) mass is 450 g/mol. The highest BCUT2D eigenvalue weighted by Crippen LogP contribution is 2.22. The number of hydrogen-bond donors (Lipinski definition) is 2. The highest BCUT2D eigenvalue weighted by atomic mass is 32.1. The molecule has 0 aliphatic rings. The fourth-order valence-corrected chi connectivity index (χ4v) is 3.41. The summed E-state index contributed by atoms with van der Waals surface area (Å²) in [6.07, 6.45) is 0. The summed E-state index contributed by atoms with van der Waals surface area (Å²) < 4.78 is 15.5. The van der Waals surface area contributed by atoms with Gasteiger partial charge in [0.15, 0.2) is 5.13 Å². The Labute approximate surface area is 186 Å². The lowest BCUT2D eigenvalue weighted by atomic mass is 10.1. The average molecular weight is 451 g/mol. The molecule has 0 saturated heterocycles. The maximum Gasteiger partial charge on any atom is 0.275 e. The standard InChI is InChI=1S/C21H30N4O5S/c1-5-30-13-15-6-7-17(16(12-15)19(26)22-8-10-28-3)23-20(27)18-14-31-21(24-18)25(2)9-11-29-4/h6-7,12,14H,5,8-11,13H2,1-4H3,(H,22,26)(H,23,27). The van der Waals surface area contributed by atoms with Crippen molar-refractivity contribution in [1.82, 2.24) is 10.3 Å². The third kappa shape index (κ3) is 7.59. The van der Waals surface area contributed by atoms with Crippen LogP contribution in [0.2, 0.25) is 0 Å². The molecule has 0 fully saturated rings. The molecule has 0 saturated carbocycles. The molecule has 2 amide bonds. The van der Waals surface area contributed by atoms with E-state index in [1.165, 1.54) is 11.3 Å². The summed E-state index contributed by atoms with van der Waals surface area (Å²) in [5.74, 6) is -0.685. The normalized spacial score (nSPS) is 10.7. The Morgan fingerprint density at radius 3 is 2.65 bits per heavy atom. The molecule has 1 aromatic heterocycles. The number of hydrogen-bond acceptors (Lipinski definition) is 8. The number of nitrogens with one attached hydrogen (secondary N) is 2. The number of carbonyl (C=O) groups is 2. The van der Waals surface area contributed by atoms with E-state index in [0.29, 0.717) is 55.9 Å². The molecule has 1 heterocycles. The van der Waals surface area contributed by atoms with Crippen molar-refractivity contribution in [3.05, 3.63) is 40.4 Å². The zero-order chi connectivity index (χ0) is 22.6. The highest BCUT2D eigenvalue weighted by Gasteiger charge is 2.18. The predicted octanol–water partition coefficient (Wildman–Crippen LogP) is 2.39. The lowest BCUT2D eigenvalue weighted by Gasteiger charge is -2.14. The van der Waals surface area contributed by atoms with E-state index in [-0.39, 0.29) is 17.5 Å². The minimum absolute atomic E-state index is 0.286. The molecule has 31 heavy (non-hydrogen) atoms. The largest absolute Gasteiger partial charge is 0.383 e. The maximum atomic E-state index is 12.8. The van der Waals surface area contributed by atoms with Gasteiger partial charge in [-0.1, -0.05) is 6.07 Å². The predicted molar refractivity (Wildman–Crippen MR) is 121 cm³/mol. The van der Waals surface area contributed by atoms with Crippen LogP contribution < -0.4 is 15.5 Å². The number of rotatable bonds is 13. The summed E-state index contributed by atoms with van der Waals surface area (Å²) in [4.78, 5) is 31.8. The van der Waals surface area contributed by atoms with Crippen LogP contribution in [0, 0.1) is 0 Å². The van der Waals surface area contributed by atoms with Gasteiger partial charge >= 0.3 is 0 Å². The van der Waals surface area contributed by atoms with Crippen LogP contribution in [0.3, 0.4) is 0 Å². The summed E-state index contributed by atoms with van der Waals surface area (Å²) in [7, 11) is 5.09. The van der Waals surface area contributed by atoms with Gasteiger partial charge in [0.2, 0.25) is 0 Å². The molecule has 0 radical (unpaired) electrons. The first kappa shape index (κ1) is 24.7. The van der Waals surface area contributed by atoms with E-state index in [1.807, 2.05) is 24.9 Å². The number of likely N-dealkylation sites (N-methyl/N-ethyl adjacent to an activating group) is 1. The van der Waals surface area contributed by atoms with Crippen LogP contribution in [-0.2, 0) is 20.8 Å². The Bertz CT molecular complexity index is 858. The van der Waals surface area contributed by atoms with Crippen LogP contribution in [0.1, 0.15) is 33.3 Å².